The number of hydrogen-bond donors (Lipinski definition) is 1. The van der Waals surface area contributed by atoms with E-state index in [4.69, 9.17) is 0 Å². The second kappa shape index (κ2) is 5.16. The molecule has 0 aliphatic heterocycles. The van der Waals surface area contributed by atoms with Crippen molar-refractivity contribution >= 4 is 15.7 Å². The van der Waals surface area contributed by atoms with Crippen LogP contribution in [0.1, 0.15) is 5.56 Å². The molecule has 0 saturated heterocycles. The van der Waals surface area contributed by atoms with Crippen molar-refractivity contribution in [1.82, 2.24) is 4.98 Å². The van der Waals surface area contributed by atoms with Gasteiger partial charge in [0, 0.05) is 12.4 Å². The second-order valence-corrected chi connectivity index (χ2v) is 5.24. The van der Waals surface area contributed by atoms with Crippen LogP contribution in [0, 0.1) is 0 Å². The van der Waals surface area contributed by atoms with E-state index in [0.717, 1.165) is 5.56 Å². The predicted octanol–water partition coefficient (Wildman–Crippen LogP) is 1.22. The highest BCUT2D eigenvalue weighted by molar-refractivity contribution is 7.94. The Morgan fingerprint density at radius 2 is 1.94 bits per heavy atom. The second-order valence-electron chi connectivity index (χ2n) is 3.63. The van der Waals surface area contributed by atoms with Crippen molar-refractivity contribution in [2.24, 2.45) is 0 Å². The topological polar surface area (TPSA) is 88.8 Å². The summed E-state index contributed by atoms with van der Waals surface area (Å²) in [5, 5.41) is 0. The maximum Gasteiger partial charge on any atom is 0.124 e. The zero-order valence-electron chi connectivity index (χ0n) is 9.65. The van der Waals surface area contributed by atoms with Gasteiger partial charge in [0.1, 0.15) is 10.0 Å². The van der Waals surface area contributed by atoms with Crippen molar-refractivity contribution < 1.29 is 14.2 Å². The van der Waals surface area contributed by atoms with Crippen LogP contribution in [0.15, 0.2) is 53.7 Å². The minimum Gasteiger partial charge on any atom is -0.572 e. The molecule has 0 saturated carbocycles. The third kappa shape index (κ3) is 2.66. The van der Waals surface area contributed by atoms with Crippen LogP contribution in [-0.2, 0) is 16.6 Å². The number of quaternary nitrogens is 1. The molecule has 2 aromatic rings. The Bertz CT molecular complexity index is 627. The SMILES string of the molecule is [NH3+]Cc1ccccc1[N-]S(=O)(=O)c1cccnc1. The van der Waals surface area contributed by atoms with E-state index >= 15 is 0 Å². The molecule has 0 atom stereocenters. The third-order valence-electron chi connectivity index (χ3n) is 2.41. The molecule has 0 bridgehead atoms. The Hall–Kier alpha value is -1.92. The van der Waals surface area contributed by atoms with Crippen LogP contribution in [0.25, 0.3) is 4.72 Å². The molecule has 94 valence electrons. The van der Waals surface area contributed by atoms with Gasteiger partial charge in [0.05, 0.1) is 11.4 Å². The Morgan fingerprint density at radius 3 is 2.61 bits per heavy atom. The minimum atomic E-state index is -3.71. The van der Waals surface area contributed by atoms with Gasteiger partial charge < -0.3 is 10.5 Å². The van der Waals surface area contributed by atoms with Crippen molar-refractivity contribution in [3.05, 3.63) is 59.1 Å². The quantitative estimate of drug-likeness (QED) is 0.899. The molecule has 6 heteroatoms. The summed E-state index contributed by atoms with van der Waals surface area (Å²) in [6, 6.07) is 10.1. The van der Waals surface area contributed by atoms with Gasteiger partial charge in [0.2, 0.25) is 0 Å². The van der Waals surface area contributed by atoms with Gasteiger partial charge in [-0.3, -0.25) is 4.98 Å². The first-order valence-electron chi connectivity index (χ1n) is 5.38. The maximum atomic E-state index is 12.0. The summed E-state index contributed by atoms with van der Waals surface area (Å²) >= 11 is 0. The van der Waals surface area contributed by atoms with E-state index in [1.165, 1.54) is 18.5 Å². The molecular formula is C12H13N3O2S. The van der Waals surface area contributed by atoms with Crippen molar-refractivity contribution in [2.45, 2.75) is 11.4 Å². The summed E-state index contributed by atoms with van der Waals surface area (Å²) in [5.74, 6) is 0. The van der Waals surface area contributed by atoms with Crippen LogP contribution in [0.3, 0.4) is 0 Å². The molecular weight excluding hydrogens is 250 g/mol. The highest BCUT2D eigenvalue weighted by Gasteiger charge is 2.05. The predicted molar refractivity (Wildman–Crippen MR) is 67.5 cm³/mol. The highest BCUT2D eigenvalue weighted by atomic mass is 32.2. The Kier molecular flexibility index (Phi) is 3.59. The molecule has 3 N–H and O–H groups in total. The number of benzene rings is 1. The Balaban J connectivity index is 2.34. The molecule has 0 spiro atoms. The summed E-state index contributed by atoms with van der Waals surface area (Å²) < 4.78 is 27.9. The number of sulfonamides is 1. The lowest BCUT2D eigenvalue weighted by molar-refractivity contribution is -0.386. The van der Waals surface area contributed by atoms with Gasteiger partial charge in [-0.25, -0.2) is 8.42 Å². The lowest BCUT2D eigenvalue weighted by Crippen LogP contribution is -2.47. The van der Waals surface area contributed by atoms with E-state index in [2.05, 4.69) is 15.4 Å². The molecule has 0 fully saturated rings. The van der Waals surface area contributed by atoms with Crippen molar-refractivity contribution in [3.8, 4) is 0 Å². The normalized spacial score (nSPS) is 11.2. The van der Waals surface area contributed by atoms with Crippen LogP contribution in [-0.4, -0.2) is 13.4 Å². The number of hydrogen-bond acceptors (Lipinski definition) is 3. The van der Waals surface area contributed by atoms with E-state index in [9.17, 15) is 8.42 Å². The third-order valence-corrected chi connectivity index (χ3v) is 3.69. The molecule has 5 nitrogen and oxygen atoms in total. The Morgan fingerprint density at radius 1 is 1.17 bits per heavy atom. The lowest BCUT2D eigenvalue weighted by Gasteiger charge is -2.23. The summed E-state index contributed by atoms with van der Waals surface area (Å²) in [6.45, 7) is 0.488. The fourth-order valence-electron chi connectivity index (χ4n) is 1.49. The molecule has 18 heavy (non-hydrogen) atoms. The van der Waals surface area contributed by atoms with E-state index in [1.54, 1.807) is 18.2 Å². The van der Waals surface area contributed by atoms with E-state index in [1.807, 2.05) is 12.1 Å². The van der Waals surface area contributed by atoms with Gasteiger partial charge >= 0.3 is 0 Å². The summed E-state index contributed by atoms with van der Waals surface area (Å²) in [6.07, 6.45) is 2.80. The molecule has 0 radical (unpaired) electrons. The molecule has 0 amide bonds. The Labute approximate surface area is 106 Å². The van der Waals surface area contributed by atoms with Crippen LogP contribution in [0.2, 0.25) is 0 Å². The standard InChI is InChI=1S/C12H12N3O2S/c13-8-10-4-1-2-6-12(10)15-18(16,17)11-5-3-7-14-9-11/h1-7,9H,8,13H2/q-1/p+1. The van der Waals surface area contributed by atoms with E-state index in [0.29, 0.717) is 12.2 Å². The average Bonchev–Trinajstić information content (AvgIpc) is 2.40. The van der Waals surface area contributed by atoms with Gasteiger partial charge in [-0.05, 0) is 17.7 Å². The molecule has 1 heterocycles. The number of nitrogens with zero attached hydrogens (tertiary/aromatic N) is 2. The molecule has 1 aromatic carbocycles. The van der Waals surface area contributed by atoms with Crippen LogP contribution in [0.5, 0.6) is 0 Å². The first-order valence-corrected chi connectivity index (χ1v) is 6.83. The highest BCUT2D eigenvalue weighted by Crippen LogP contribution is 2.29. The lowest BCUT2D eigenvalue weighted by atomic mass is 10.2. The maximum absolute atomic E-state index is 12.0. The summed E-state index contributed by atoms with van der Waals surface area (Å²) in [5.41, 5.74) is 4.98. The fourth-order valence-corrected chi connectivity index (χ4v) is 2.48. The van der Waals surface area contributed by atoms with Gasteiger partial charge in [-0.2, -0.15) is 0 Å². The zero-order chi connectivity index (χ0) is 13.0. The van der Waals surface area contributed by atoms with Gasteiger partial charge in [0.25, 0.3) is 0 Å². The first-order chi connectivity index (χ1) is 8.63. The van der Waals surface area contributed by atoms with Gasteiger partial charge in [0.15, 0.2) is 0 Å². The van der Waals surface area contributed by atoms with Crippen molar-refractivity contribution in [2.75, 3.05) is 0 Å². The molecule has 0 aliphatic carbocycles. The average molecular weight is 263 g/mol. The molecule has 2 rings (SSSR count). The van der Waals surface area contributed by atoms with E-state index < -0.39 is 10.0 Å². The first kappa shape index (κ1) is 12.5. The molecule has 0 aliphatic rings. The van der Waals surface area contributed by atoms with Crippen molar-refractivity contribution in [3.63, 3.8) is 0 Å². The van der Waals surface area contributed by atoms with E-state index in [-0.39, 0.29) is 4.90 Å². The molecule has 1 aromatic heterocycles. The largest absolute Gasteiger partial charge is 0.572 e. The van der Waals surface area contributed by atoms with Gasteiger partial charge in [-0.15, -0.1) is 5.69 Å². The van der Waals surface area contributed by atoms with Crippen molar-refractivity contribution in [1.29, 1.82) is 0 Å². The number of pyridine rings is 1. The number of rotatable bonds is 4. The van der Waals surface area contributed by atoms with Crippen LogP contribution >= 0.6 is 0 Å². The molecule has 0 unspecified atom stereocenters. The zero-order valence-corrected chi connectivity index (χ0v) is 10.5. The fraction of sp³-hybridized carbons (Fsp3) is 0.0833. The van der Waals surface area contributed by atoms with Crippen LogP contribution < -0.4 is 5.73 Å². The minimum absolute atomic E-state index is 0.0869. The van der Waals surface area contributed by atoms with Crippen LogP contribution in [0.4, 0.5) is 5.69 Å². The monoisotopic (exact) mass is 263 g/mol. The number of aromatic nitrogens is 1. The smallest absolute Gasteiger partial charge is 0.124 e. The summed E-state index contributed by atoms with van der Waals surface area (Å²) in [4.78, 5) is 3.87. The van der Waals surface area contributed by atoms with Gasteiger partial charge in [-0.1, -0.05) is 24.3 Å². The summed E-state index contributed by atoms with van der Waals surface area (Å²) in [7, 11) is -3.71.